The lowest BCUT2D eigenvalue weighted by atomic mass is 10.1. The maximum atomic E-state index is 12.0. The number of rotatable bonds is 8. The van der Waals surface area contributed by atoms with Crippen molar-refractivity contribution < 1.29 is 14.5 Å². The van der Waals surface area contributed by atoms with Crippen LogP contribution in [-0.4, -0.2) is 42.4 Å². The van der Waals surface area contributed by atoms with Gasteiger partial charge in [0, 0.05) is 30.8 Å². The molecule has 1 aromatic rings. The van der Waals surface area contributed by atoms with Gasteiger partial charge in [-0.2, -0.15) is 0 Å². The summed E-state index contributed by atoms with van der Waals surface area (Å²) in [4.78, 5) is 33.9. The molecular formula is C14H21ClN4O4. The van der Waals surface area contributed by atoms with Crippen LogP contribution < -0.4 is 16.0 Å². The highest BCUT2D eigenvalue weighted by Crippen LogP contribution is 2.12. The Morgan fingerprint density at radius 1 is 1.30 bits per heavy atom. The summed E-state index contributed by atoms with van der Waals surface area (Å²) in [6.07, 6.45) is 0. The van der Waals surface area contributed by atoms with Crippen LogP contribution in [0.4, 0.5) is 5.69 Å². The number of nitro groups is 1. The van der Waals surface area contributed by atoms with E-state index in [1.807, 2.05) is 6.92 Å². The molecule has 1 rings (SSSR count). The van der Waals surface area contributed by atoms with Gasteiger partial charge in [-0.05, 0) is 19.5 Å². The number of benzene rings is 1. The van der Waals surface area contributed by atoms with Crippen molar-refractivity contribution in [1.82, 2.24) is 16.0 Å². The molecule has 1 aromatic carbocycles. The Balaban J connectivity index is 0.00000484. The molecule has 9 heteroatoms. The van der Waals surface area contributed by atoms with Crippen molar-refractivity contribution in [3.8, 4) is 0 Å². The average Bonchev–Trinajstić information content (AvgIpc) is 2.51. The Morgan fingerprint density at radius 2 is 2.00 bits per heavy atom. The average molecular weight is 345 g/mol. The van der Waals surface area contributed by atoms with Crippen LogP contribution in [0.5, 0.6) is 0 Å². The predicted molar refractivity (Wildman–Crippen MR) is 88.8 cm³/mol. The summed E-state index contributed by atoms with van der Waals surface area (Å²) in [5.74, 6) is -0.838. The van der Waals surface area contributed by atoms with E-state index in [4.69, 9.17) is 0 Å². The molecule has 3 N–H and O–H groups in total. The molecule has 0 radical (unpaired) electrons. The molecule has 1 unspecified atom stereocenters. The van der Waals surface area contributed by atoms with Gasteiger partial charge in [-0.1, -0.05) is 13.0 Å². The third kappa shape index (κ3) is 7.07. The third-order valence-electron chi connectivity index (χ3n) is 2.91. The Kier molecular flexibility index (Phi) is 9.52. The molecule has 0 spiro atoms. The van der Waals surface area contributed by atoms with E-state index in [0.29, 0.717) is 13.1 Å². The van der Waals surface area contributed by atoms with Crippen LogP contribution in [0.3, 0.4) is 0 Å². The molecule has 0 aromatic heterocycles. The normalized spacial score (nSPS) is 11.0. The second kappa shape index (κ2) is 10.5. The van der Waals surface area contributed by atoms with Gasteiger partial charge in [-0.3, -0.25) is 19.7 Å². The summed E-state index contributed by atoms with van der Waals surface area (Å²) in [6.45, 7) is 5.44. The first kappa shape index (κ1) is 20.8. The standard InChI is InChI=1S/C14H20N4O4.ClH/c1-3-15-7-8-16-13(19)10(2)17-14(20)11-5-4-6-12(9-11)18(21)22;/h4-6,9-10,15H,3,7-8H2,1-2H3,(H,16,19)(H,17,20);1H. The number of likely N-dealkylation sites (N-methyl/N-ethyl adjacent to an activating group) is 1. The first-order chi connectivity index (χ1) is 10.5. The summed E-state index contributed by atoms with van der Waals surface area (Å²) in [5, 5.41) is 18.9. The summed E-state index contributed by atoms with van der Waals surface area (Å²) < 4.78 is 0. The summed E-state index contributed by atoms with van der Waals surface area (Å²) in [7, 11) is 0. The SMILES string of the molecule is CCNCCNC(=O)C(C)NC(=O)c1cccc([N+](=O)[O-])c1.Cl. The van der Waals surface area contributed by atoms with E-state index < -0.39 is 16.9 Å². The lowest BCUT2D eigenvalue weighted by molar-refractivity contribution is -0.384. The van der Waals surface area contributed by atoms with Gasteiger partial charge in [0.05, 0.1) is 4.92 Å². The number of halogens is 1. The number of carbonyl (C=O) groups excluding carboxylic acids is 2. The maximum Gasteiger partial charge on any atom is 0.270 e. The van der Waals surface area contributed by atoms with Crippen molar-refractivity contribution in [2.75, 3.05) is 19.6 Å². The molecule has 0 aliphatic heterocycles. The fraction of sp³-hybridized carbons (Fsp3) is 0.429. The summed E-state index contributed by atoms with van der Waals surface area (Å²) in [5.41, 5.74) is -0.0307. The first-order valence-corrected chi connectivity index (χ1v) is 6.99. The highest BCUT2D eigenvalue weighted by Gasteiger charge is 2.17. The van der Waals surface area contributed by atoms with Gasteiger partial charge in [-0.25, -0.2) is 0 Å². The van der Waals surface area contributed by atoms with E-state index in [-0.39, 0.29) is 29.6 Å². The predicted octanol–water partition coefficient (Wildman–Crippen LogP) is 0.861. The molecule has 0 fully saturated rings. The van der Waals surface area contributed by atoms with Crippen LogP contribution in [0.25, 0.3) is 0 Å². The van der Waals surface area contributed by atoms with Crippen LogP contribution in [0.15, 0.2) is 24.3 Å². The lowest BCUT2D eigenvalue weighted by Gasteiger charge is -2.14. The van der Waals surface area contributed by atoms with Crippen molar-refractivity contribution in [1.29, 1.82) is 0 Å². The topological polar surface area (TPSA) is 113 Å². The largest absolute Gasteiger partial charge is 0.353 e. The van der Waals surface area contributed by atoms with Crippen LogP contribution in [-0.2, 0) is 4.79 Å². The fourth-order valence-electron chi connectivity index (χ4n) is 1.71. The van der Waals surface area contributed by atoms with Gasteiger partial charge in [-0.15, -0.1) is 12.4 Å². The van der Waals surface area contributed by atoms with Crippen LogP contribution >= 0.6 is 12.4 Å². The number of hydrogen-bond donors (Lipinski definition) is 3. The van der Waals surface area contributed by atoms with E-state index in [2.05, 4.69) is 16.0 Å². The molecule has 2 amide bonds. The number of carbonyl (C=O) groups is 2. The van der Waals surface area contributed by atoms with Crippen LogP contribution in [0, 0.1) is 10.1 Å². The van der Waals surface area contributed by atoms with E-state index in [1.54, 1.807) is 6.92 Å². The molecule has 0 saturated heterocycles. The quantitative estimate of drug-likeness (QED) is 0.368. The second-order valence-electron chi connectivity index (χ2n) is 4.65. The van der Waals surface area contributed by atoms with Crippen LogP contribution in [0.1, 0.15) is 24.2 Å². The minimum Gasteiger partial charge on any atom is -0.353 e. The van der Waals surface area contributed by atoms with Crippen molar-refractivity contribution >= 4 is 29.9 Å². The van der Waals surface area contributed by atoms with E-state index in [1.165, 1.54) is 24.3 Å². The molecule has 0 aliphatic rings. The number of nitrogens with one attached hydrogen (secondary N) is 3. The Bertz CT molecular complexity index is 553. The zero-order valence-corrected chi connectivity index (χ0v) is 13.8. The smallest absolute Gasteiger partial charge is 0.270 e. The molecule has 1 atom stereocenters. The molecule has 0 saturated carbocycles. The summed E-state index contributed by atoms with van der Waals surface area (Å²) >= 11 is 0. The van der Waals surface area contributed by atoms with Gasteiger partial charge >= 0.3 is 0 Å². The number of nitro benzene ring substituents is 1. The Labute approximate surface area is 140 Å². The number of nitrogens with zero attached hydrogens (tertiary/aromatic N) is 1. The fourth-order valence-corrected chi connectivity index (χ4v) is 1.71. The maximum absolute atomic E-state index is 12.0. The molecule has 23 heavy (non-hydrogen) atoms. The van der Waals surface area contributed by atoms with Crippen molar-refractivity contribution in [2.24, 2.45) is 0 Å². The van der Waals surface area contributed by atoms with Gasteiger partial charge in [0.2, 0.25) is 5.91 Å². The van der Waals surface area contributed by atoms with E-state index >= 15 is 0 Å². The van der Waals surface area contributed by atoms with Gasteiger partial charge in [0.15, 0.2) is 0 Å². The molecule has 128 valence electrons. The van der Waals surface area contributed by atoms with Crippen molar-refractivity contribution in [3.63, 3.8) is 0 Å². The zero-order valence-electron chi connectivity index (χ0n) is 13.0. The molecule has 8 nitrogen and oxygen atoms in total. The minimum absolute atomic E-state index is 0. The van der Waals surface area contributed by atoms with Crippen molar-refractivity contribution in [2.45, 2.75) is 19.9 Å². The highest BCUT2D eigenvalue weighted by molar-refractivity contribution is 5.97. The first-order valence-electron chi connectivity index (χ1n) is 6.99. The van der Waals surface area contributed by atoms with Crippen molar-refractivity contribution in [3.05, 3.63) is 39.9 Å². The summed E-state index contributed by atoms with van der Waals surface area (Å²) in [6, 6.07) is 4.62. The van der Waals surface area contributed by atoms with E-state index in [0.717, 1.165) is 6.54 Å². The molecule has 0 heterocycles. The van der Waals surface area contributed by atoms with Gasteiger partial charge in [0.25, 0.3) is 11.6 Å². The molecule has 0 aliphatic carbocycles. The number of non-ortho nitro benzene ring substituents is 1. The molecular weight excluding hydrogens is 324 g/mol. The number of hydrogen-bond acceptors (Lipinski definition) is 5. The third-order valence-corrected chi connectivity index (χ3v) is 2.91. The van der Waals surface area contributed by atoms with Crippen LogP contribution in [0.2, 0.25) is 0 Å². The lowest BCUT2D eigenvalue weighted by Crippen LogP contribution is -2.46. The second-order valence-corrected chi connectivity index (χ2v) is 4.65. The monoisotopic (exact) mass is 344 g/mol. The Morgan fingerprint density at radius 3 is 2.61 bits per heavy atom. The minimum atomic E-state index is -0.728. The zero-order chi connectivity index (χ0) is 16.5. The van der Waals surface area contributed by atoms with E-state index in [9.17, 15) is 19.7 Å². The van der Waals surface area contributed by atoms with Gasteiger partial charge < -0.3 is 16.0 Å². The molecule has 0 bridgehead atoms. The highest BCUT2D eigenvalue weighted by atomic mass is 35.5. The number of amides is 2. The Hall–Kier alpha value is -2.19. The van der Waals surface area contributed by atoms with Gasteiger partial charge in [0.1, 0.15) is 6.04 Å².